The SMILES string of the molecule is O=CC(F)c1ccccc1OC1OC(C(=O)O)C(O)C(O)C1O. The van der Waals surface area contributed by atoms with E-state index in [2.05, 4.69) is 0 Å². The number of benzene rings is 1. The molecule has 0 aromatic heterocycles. The number of carboxylic acids is 1. The molecule has 1 heterocycles. The van der Waals surface area contributed by atoms with Crippen molar-refractivity contribution in [3.05, 3.63) is 29.8 Å². The van der Waals surface area contributed by atoms with Gasteiger partial charge >= 0.3 is 5.97 Å². The van der Waals surface area contributed by atoms with E-state index in [1.165, 1.54) is 24.3 Å². The zero-order chi connectivity index (χ0) is 17.1. The minimum Gasteiger partial charge on any atom is -0.479 e. The first kappa shape index (κ1) is 17.3. The molecule has 126 valence electrons. The molecule has 1 aromatic rings. The zero-order valence-electron chi connectivity index (χ0n) is 11.7. The Labute approximate surface area is 129 Å². The van der Waals surface area contributed by atoms with Crippen LogP contribution in [0.1, 0.15) is 11.7 Å². The molecule has 2 rings (SSSR count). The fourth-order valence-corrected chi connectivity index (χ4v) is 2.16. The Hall–Kier alpha value is -2.07. The fraction of sp³-hybridized carbons (Fsp3) is 0.429. The highest BCUT2D eigenvalue weighted by Gasteiger charge is 2.48. The number of ether oxygens (including phenoxy) is 2. The summed E-state index contributed by atoms with van der Waals surface area (Å²) >= 11 is 0. The van der Waals surface area contributed by atoms with Crippen molar-refractivity contribution in [2.24, 2.45) is 0 Å². The lowest BCUT2D eigenvalue weighted by Gasteiger charge is -2.38. The van der Waals surface area contributed by atoms with Crippen LogP contribution in [0.15, 0.2) is 24.3 Å². The number of rotatable bonds is 5. The molecule has 8 nitrogen and oxygen atoms in total. The summed E-state index contributed by atoms with van der Waals surface area (Å²) in [6, 6.07) is 5.47. The van der Waals surface area contributed by atoms with Gasteiger partial charge in [0.25, 0.3) is 0 Å². The van der Waals surface area contributed by atoms with E-state index in [9.17, 15) is 29.3 Å². The number of carboxylic acid groups (broad SMARTS) is 1. The number of carbonyl (C=O) groups is 2. The number of aliphatic hydroxyl groups excluding tert-OH is 3. The van der Waals surface area contributed by atoms with Gasteiger partial charge in [-0.25, -0.2) is 9.18 Å². The summed E-state index contributed by atoms with van der Waals surface area (Å²) in [5.41, 5.74) is -0.147. The minimum atomic E-state index is -1.99. The van der Waals surface area contributed by atoms with Gasteiger partial charge in [-0.2, -0.15) is 0 Å². The monoisotopic (exact) mass is 330 g/mol. The highest BCUT2D eigenvalue weighted by atomic mass is 19.1. The molecule has 0 aliphatic carbocycles. The Morgan fingerprint density at radius 2 is 1.87 bits per heavy atom. The number of carbonyl (C=O) groups excluding carboxylic acids is 1. The molecule has 4 N–H and O–H groups in total. The Morgan fingerprint density at radius 3 is 2.48 bits per heavy atom. The Kier molecular flexibility index (Phi) is 5.26. The summed E-state index contributed by atoms with van der Waals surface area (Å²) in [5, 5.41) is 38.0. The molecule has 1 saturated heterocycles. The number of halogens is 1. The van der Waals surface area contributed by atoms with E-state index in [0.717, 1.165) is 0 Å². The van der Waals surface area contributed by atoms with Crippen molar-refractivity contribution in [3.63, 3.8) is 0 Å². The van der Waals surface area contributed by atoms with Gasteiger partial charge in [0.05, 0.1) is 0 Å². The molecule has 23 heavy (non-hydrogen) atoms. The largest absolute Gasteiger partial charge is 0.479 e. The molecule has 1 aliphatic rings. The molecule has 6 unspecified atom stereocenters. The van der Waals surface area contributed by atoms with Gasteiger partial charge in [0, 0.05) is 5.56 Å². The summed E-state index contributed by atoms with van der Waals surface area (Å²) < 4.78 is 23.7. The predicted octanol–water partition coefficient (Wildman–Crippen LogP) is -0.833. The van der Waals surface area contributed by atoms with Gasteiger partial charge in [-0.05, 0) is 6.07 Å². The number of aldehydes is 1. The highest BCUT2D eigenvalue weighted by molar-refractivity contribution is 5.73. The van der Waals surface area contributed by atoms with Crippen LogP contribution in [-0.4, -0.2) is 63.4 Å². The minimum absolute atomic E-state index is 0.0407. The van der Waals surface area contributed by atoms with Crippen LogP contribution in [-0.2, 0) is 14.3 Å². The number of alkyl halides is 1. The smallest absolute Gasteiger partial charge is 0.335 e. The second-order valence-corrected chi connectivity index (χ2v) is 4.93. The van der Waals surface area contributed by atoms with Crippen molar-refractivity contribution in [2.75, 3.05) is 0 Å². The first-order chi connectivity index (χ1) is 10.9. The maximum atomic E-state index is 13.6. The van der Waals surface area contributed by atoms with E-state index in [1.807, 2.05) is 0 Å². The first-order valence-electron chi connectivity index (χ1n) is 6.64. The van der Waals surface area contributed by atoms with Gasteiger partial charge in [-0.3, -0.25) is 4.79 Å². The lowest BCUT2D eigenvalue weighted by molar-refractivity contribution is -0.271. The summed E-state index contributed by atoms with van der Waals surface area (Å²) in [7, 11) is 0. The number of aliphatic carboxylic acids is 1. The number of para-hydroxylation sites is 1. The molecule has 9 heteroatoms. The van der Waals surface area contributed by atoms with Gasteiger partial charge in [0.2, 0.25) is 6.29 Å². The quantitative estimate of drug-likeness (QED) is 0.514. The zero-order valence-corrected chi connectivity index (χ0v) is 11.7. The van der Waals surface area contributed by atoms with Crippen LogP contribution in [0.4, 0.5) is 4.39 Å². The molecule has 1 aromatic carbocycles. The van der Waals surface area contributed by atoms with Crippen molar-refractivity contribution >= 4 is 12.3 Å². The van der Waals surface area contributed by atoms with E-state index in [4.69, 9.17) is 14.6 Å². The molecule has 0 saturated carbocycles. The summed E-state index contributed by atoms with van der Waals surface area (Å²) in [5.74, 6) is -1.73. The molecular formula is C14H15FO8. The van der Waals surface area contributed by atoms with Crippen molar-refractivity contribution in [3.8, 4) is 5.75 Å². The van der Waals surface area contributed by atoms with Crippen molar-refractivity contribution in [1.29, 1.82) is 0 Å². The van der Waals surface area contributed by atoms with Gasteiger partial charge in [0.15, 0.2) is 18.6 Å². The van der Waals surface area contributed by atoms with Gasteiger partial charge < -0.3 is 29.9 Å². The fourth-order valence-electron chi connectivity index (χ4n) is 2.16. The molecule has 1 fully saturated rings. The summed E-state index contributed by atoms with van der Waals surface area (Å²) in [4.78, 5) is 21.6. The number of hydrogen-bond acceptors (Lipinski definition) is 7. The number of aliphatic hydroxyl groups is 3. The van der Waals surface area contributed by atoms with Crippen LogP contribution < -0.4 is 4.74 Å². The lowest BCUT2D eigenvalue weighted by atomic mass is 9.99. The van der Waals surface area contributed by atoms with Gasteiger partial charge in [-0.15, -0.1) is 0 Å². The first-order valence-corrected chi connectivity index (χ1v) is 6.64. The standard InChI is InChI=1S/C14H15FO8/c15-7(5-16)6-3-1-2-4-8(6)22-14-11(19)9(17)10(18)12(23-14)13(20)21/h1-5,7,9-12,14,17-19H,(H,20,21). The van der Waals surface area contributed by atoms with E-state index in [1.54, 1.807) is 0 Å². The van der Waals surface area contributed by atoms with Crippen molar-refractivity contribution in [1.82, 2.24) is 0 Å². The second-order valence-electron chi connectivity index (χ2n) is 4.93. The van der Waals surface area contributed by atoms with E-state index < -0.39 is 42.8 Å². The Balaban J connectivity index is 2.25. The maximum absolute atomic E-state index is 13.6. The normalized spacial score (nSPS) is 32.1. The lowest BCUT2D eigenvalue weighted by Crippen LogP contribution is -2.61. The molecule has 1 aliphatic heterocycles. The summed E-state index contributed by atoms with van der Waals surface area (Å²) in [6.45, 7) is 0. The average Bonchev–Trinajstić information content (AvgIpc) is 2.54. The molecule has 0 radical (unpaired) electrons. The molecule has 0 spiro atoms. The highest BCUT2D eigenvalue weighted by Crippen LogP contribution is 2.30. The third-order valence-corrected chi connectivity index (χ3v) is 3.39. The van der Waals surface area contributed by atoms with Gasteiger partial charge in [-0.1, -0.05) is 18.2 Å². The second kappa shape index (κ2) is 7.01. The van der Waals surface area contributed by atoms with E-state index in [0.29, 0.717) is 0 Å². The average molecular weight is 330 g/mol. The molecule has 0 bridgehead atoms. The van der Waals surface area contributed by atoms with Gasteiger partial charge in [0.1, 0.15) is 24.1 Å². The Morgan fingerprint density at radius 1 is 1.22 bits per heavy atom. The molecular weight excluding hydrogens is 315 g/mol. The van der Waals surface area contributed by atoms with E-state index >= 15 is 0 Å². The van der Waals surface area contributed by atoms with Crippen LogP contribution in [0.3, 0.4) is 0 Å². The maximum Gasteiger partial charge on any atom is 0.335 e. The van der Waals surface area contributed by atoms with Crippen molar-refractivity contribution in [2.45, 2.75) is 36.9 Å². The topological polar surface area (TPSA) is 134 Å². The van der Waals surface area contributed by atoms with Crippen LogP contribution >= 0.6 is 0 Å². The van der Waals surface area contributed by atoms with Crippen LogP contribution in [0.2, 0.25) is 0 Å². The van der Waals surface area contributed by atoms with Crippen molar-refractivity contribution < 1.29 is 43.9 Å². The van der Waals surface area contributed by atoms with Crippen LogP contribution in [0.25, 0.3) is 0 Å². The molecule has 6 atom stereocenters. The number of hydrogen-bond donors (Lipinski definition) is 4. The van der Waals surface area contributed by atoms with Crippen LogP contribution in [0.5, 0.6) is 5.75 Å². The molecule has 0 amide bonds. The third kappa shape index (κ3) is 3.48. The predicted molar refractivity (Wildman–Crippen MR) is 71.3 cm³/mol. The van der Waals surface area contributed by atoms with E-state index in [-0.39, 0.29) is 17.6 Å². The Bertz CT molecular complexity index is 580. The van der Waals surface area contributed by atoms with Crippen LogP contribution in [0, 0.1) is 0 Å². The summed E-state index contributed by atoms with van der Waals surface area (Å²) in [6.07, 6.45) is -10.9. The third-order valence-electron chi connectivity index (χ3n) is 3.39.